The quantitative estimate of drug-likeness (QED) is 0.461. The molecule has 3 amide bonds. The van der Waals surface area contributed by atoms with Crippen LogP contribution in [0.3, 0.4) is 0 Å². The van der Waals surface area contributed by atoms with E-state index in [-0.39, 0.29) is 28.2 Å². The first-order valence-electron chi connectivity index (χ1n) is 11.6. The van der Waals surface area contributed by atoms with E-state index in [0.29, 0.717) is 11.3 Å². The Bertz CT molecular complexity index is 1230. The van der Waals surface area contributed by atoms with Crippen LogP contribution >= 0.6 is 11.5 Å². The fourth-order valence-electron chi connectivity index (χ4n) is 4.34. The lowest BCUT2D eigenvalue weighted by molar-refractivity contribution is -0.123. The number of primary amides is 1. The van der Waals surface area contributed by atoms with Crippen LogP contribution in [0.15, 0.2) is 48.5 Å². The number of aromatic nitrogens is 1. The topological polar surface area (TPSA) is 131 Å². The van der Waals surface area contributed by atoms with Crippen LogP contribution in [0.1, 0.15) is 68.6 Å². The van der Waals surface area contributed by atoms with Crippen molar-refractivity contribution in [2.75, 3.05) is 10.6 Å². The van der Waals surface area contributed by atoms with Crippen LogP contribution < -0.4 is 21.7 Å². The van der Waals surface area contributed by atoms with Crippen molar-refractivity contribution in [3.05, 3.63) is 75.8 Å². The molecule has 2 aromatic carbocycles. The molecule has 0 saturated heterocycles. The van der Waals surface area contributed by atoms with E-state index < -0.39 is 17.9 Å². The zero-order chi connectivity index (χ0) is 25.1. The zero-order valence-corrected chi connectivity index (χ0v) is 20.6. The van der Waals surface area contributed by atoms with Gasteiger partial charge >= 0.3 is 0 Å². The molecule has 1 aliphatic carbocycles. The summed E-state index contributed by atoms with van der Waals surface area (Å²) in [7, 11) is 0. The van der Waals surface area contributed by atoms with Gasteiger partial charge in [-0.2, -0.15) is 4.37 Å². The van der Waals surface area contributed by atoms with Crippen LogP contribution in [0.25, 0.3) is 0 Å². The van der Waals surface area contributed by atoms with Crippen molar-refractivity contribution >= 4 is 40.6 Å². The maximum atomic E-state index is 14.0. The van der Waals surface area contributed by atoms with E-state index in [4.69, 9.17) is 11.5 Å². The standard InChI is InChI=1S/C26H29N5O3S/c1-15-7-11-17(12-8-15)22(25(33)29-18-5-3-4-6-18)31(19-13-9-16(2)10-14-19)26(34)23-20(27)21(24(28)32)30-35-23/h7-14,18,22H,3-6,27H2,1-2H3,(H2,28,32)(H,29,33)/t22-/m0/s1. The monoisotopic (exact) mass is 491 g/mol. The Kier molecular flexibility index (Phi) is 7.16. The molecular formula is C26H29N5O3S. The maximum absolute atomic E-state index is 14.0. The van der Waals surface area contributed by atoms with Gasteiger partial charge in [0, 0.05) is 11.7 Å². The van der Waals surface area contributed by atoms with Crippen LogP contribution in [0.2, 0.25) is 0 Å². The van der Waals surface area contributed by atoms with Gasteiger partial charge in [-0.15, -0.1) is 0 Å². The minimum Gasteiger partial charge on any atom is -0.395 e. The van der Waals surface area contributed by atoms with E-state index in [1.807, 2.05) is 50.2 Å². The molecule has 1 atom stereocenters. The number of benzene rings is 2. The normalized spacial score (nSPS) is 14.5. The summed E-state index contributed by atoms with van der Waals surface area (Å²) < 4.78 is 3.99. The predicted molar refractivity (Wildman–Crippen MR) is 137 cm³/mol. The first kappa shape index (κ1) is 24.4. The van der Waals surface area contributed by atoms with Gasteiger partial charge in [-0.1, -0.05) is 60.4 Å². The largest absolute Gasteiger partial charge is 0.395 e. The van der Waals surface area contributed by atoms with Gasteiger partial charge < -0.3 is 16.8 Å². The molecule has 5 N–H and O–H groups in total. The first-order valence-corrected chi connectivity index (χ1v) is 12.4. The molecule has 0 spiro atoms. The maximum Gasteiger partial charge on any atom is 0.273 e. The minimum atomic E-state index is -0.954. The van der Waals surface area contributed by atoms with Crippen molar-refractivity contribution < 1.29 is 14.4 Å². The van der Waals surface area contributed by atoms with Crippen LogP contribution in [-0.4, -0.2) is 28.1 Å². The molecule has 0 bridgehead atoms. The second-order valence-electron chi connectivity index (χ2n) is 8.95. The van der Waals surface area contributed by atoms with E-state index in [0.717, 1.165) is 48.3 Å². The van der Waals surface area contributed by atoms with Gasteiger partial charge in [0.1, 0.15) is 10.9 Å². The summed E-state index contributed by atoms with van der Waals surface area (Å²) in [5.41, 5.74) is 14.5. The smallest absolute Gasteiger partial charge is 0.273 e. The molecule has 0 unspecified atom stereocenters. The molecule has 1 saturated carbocycles. The van der Waals surface area contributed by atoms with Crippen molar-refractivity contribution in [2.45, 2.75) is 51.6 Å². The fourth-order valence-corrected chi connectivity index (χ4v) is 5.09. The number of carbonyl (C=O) groups is 3. The number of hydrogen-bond donors (Lipinski definition) is 3. The Hall–Kier alpha value is -3.72. The molecular weight excluding hydrogens is 462 g/mol. The number of nitrogen functional groups attached to an aromatic ring is 1. The van der Waals surface area contributed by atoms with Crippen molar-refractivity contribution in [2.24, 2.45) is 5.73 Å². The zero-order valence-electron chi connectivity index (χ0n) is 19.8. The molecule has 0 aliphatic heterocycles. The van der Waals surface area contributed by atoms with Gasteiger partial charge in [0.05, 0.1) is 5.69 Å². The third kappa shape index (κ3) is 5.19. The molecule has 182 valence electrons. The highest BCUT2D eigenvalue weighted by Crippen LogP contribution is 2.34. The van der Waals surface area contributed by atoms with Crippen LogP contribution in [0.4, 0.5) is 11.4 Å². The highest BCUT2D eigenvalue weighted by molar-refractivity contribution is 7.09. The van der Waals surface area contributed by atoms with Crippen molar-refractivity contribution in [3.8, 4) is 0 Å². The van der Waals surface area contributed by atoms with Gasteiger partial charge in [0.15, 0.2) is 5.69 Å². The summed E-state index contributed by atoms with van der Waals surface area (Å²) in [6.45, 7) is 3.91. The van der Waals surface area contributed by atoms with Gasteiger partial charge in [-0.25, -0.2) is 0 Å². The summed E-state index contributed by atoms with van der Waals surface area (Å²) in [6, 6.07) is 14.0. The molecule has 1 aliphatic rings. The molecule has 1 aromatic heterocycles. The second-order valence-corrected chi connectivity index (χ2v) is 9.73. The number of nitrogens with one attached hydrogen (secondary N) is 1. The molecule has 4 rings (SSSR count). The average molecular weight is 492 g/mol. The number of nitrogens with two attached hydrogens (primary N) is 2. The lowest BCUT2D eigenvalue weighted by Gasteiger charge is -2.32. The lowest BCUT2D eigenvalue weighted by atomic mass is 10.0. The summed E-state index contributed by atoms with van der Waals surface area (Å²) in [5.74, 6) is -1.61. The highest BCUT2D eigenvalue weighted by Gasteiger charge is 2.37. The lowest BCUT2D eigenvalue weighted by Crippen LogP contribution is -2.46. The second kappa shape index (κ2) is 10.3. The van der Waals surface area contributed by atoms with Crippen LogP contribution in [0, 0.1) is 13.8 Å². The Balaban J connectivity index is 1.84. The molecule has 35 heavy (non-hydrogen) atoms. The number of amides is 3. The number of carbonyl (C=O) groups excluding carboxylic acids is 3. The highest BCUT2D eigenvalue weighted by atomic mass is 32.1. The summed E-state index contributed by atoms with van der Waals surface area (Å²) in [5, 5.41) is 3.15. The Labute approximate surface area is 208 Å². The molecule has 8 nitrogen and oxygen atoms in total. The third-order valence-corrected chi connectivity index (χ3v) is 7.14. The Morgan fingerprint density at radius 2 is 1.57 bits per heavy atom. The van der Waals surface area contributed by atoms with Gasteiger partial charge in [0.25, 0.3) is 11.8 Å². The fraction of sp³-hybridized carbons (Fsp3) is 0.308. The number of anilines is 2. The third-order valence-electron chi connectivity index (χ3n) is 6.29. The van der Waals surface area contributed by atoms with Crippen molar-refractivity contribution in [1.29, 1.82) is 0 Å². The summed E-state index contributed by atoms with van der Waals surface area (Å²) >= 11 is 0.800. The van der Waals surface area contributed by atoms with E-state index in [1.54, 1.807) is 12.1 Å². The number of rotatable bonds is 7. The van der Waals surface area contributed by atoms with Crippen molar-refractivity contribution in [1.82, 2.24) is 9.69 Å². The number of nitrogens with zero attached hydrogens (tertiary/aromatic N) is 2. The molecule has 0 radical (unpaired) electrons. The van der Waals surface area contributed by atoms with Crippen molar-refractivity contribution in [3.63, 3.8) is 0 Å². The van der Waals surface area contributed by atoms with Gasteiger partial charge in [-0.3, -0.25) is 19.3 Å². The van der Waals surface area contributed by atoms with Crippen LogP contribution in [0.5, 0.6) is 0 Å². The molecule has 9 heteroatoms. The van der Waals surface area contributed by atoms with Gasteiger partial charge in [0.2, 0.25) is 5.91 Å². The average Bonchev–Trinajstić information content (AvgIpc) is 3.48. The number of hydrogen-bond acceptors (Lipinski definition) is 6. The molecule has 1 fully saturated rings. The first-order chi connectivity index (χ1) is 16.8. The summed E-state index contributed by atoms with van der Waals surface area (Å²) in [6.07, 6.45) is 3.95. The minimum absolute atomic E-state index is 0.0603. The number of aryl methyl sites for hydroxylation is 2. The Morgan fingerprint density at radius 1 is 1.00 bits per heavy atom. The SMILES string of the molecule is Cc1ccc([C@@H](C(=O)NC2CCCC2)N(C(=O)c2snc(C(N)=O)c2N)c2ccc(C)cc2)cc1. The van der Waals surface area contributed by atoms with E-state index in [1.165, 1.54) is 4.90 Å². The van der Waals surface area contributed by atoms with Crippen LogP contribution in [-0.2, 0) is 4.79 Å². The Morgan fingerprint density at radius 3 is 2.11 bits per heavy atom. The molecule has 3 aromatic rings. The van der Waals surface area contributed by atoms with E-state index >= 15 is 0 Å². The predicted octanol–water partition coefficient (Wildman–Crippen LogP) is 3.89. The van der Waals surface area contributed by atoms with E-state index in [9.17, 15) is 14.4 Å². The van der Waals surface area contributed by atoms with Gasteiger partial charge in [-0.05, 0) is 55.9 Å². The summed E-state index contributed by atoms with van der Waals surface area (Å²) in [4.78, 5) is 41.0. The molecule has 1 heterocycles. The van der Waals surface area contributed by atoms with E-state index in [2.05, 4.69) is 9.69 Å².